The molecule has 36 heavy (non-hydrogen) atoms. The van der Waals surface area contributed by atoms with Crippen molar-refractivity contribution in [3.8, 4) is 11.5 Å². The zero-order valence-corrected chi connectivity index (χ0v) is 24.8. The highest BCUT2D eigenvalue weighted by Gasteiger charge is 2.28. The molecule has 2 rings (SSSR count). The molecule has 3 N–H and O–H groups in total. The molecule has 0 aliphatic rings. The van der Waals surface area contributed by atoms with Crippen molar-refractivity contribution in [3.63, 3.8) is 0 Å². The monoisotopic (exact) mass is 513 g/mol. The van der Waals surface area contributed by atoms with Gasteiger partial charge in [0.25, 0.3) is 0 Å². The Hall–Kier alpha value is -1.81. The Morgan fingerprint density at radius 3 is 1.92 bits per heavy atom. The number of hydrogen-bond donors (Lipinski definition) is 3. The van der Waals surface area contributed by atoms with Gasteiger partial charge in [-0.15, -0.1) is 0 Å². The van der Waals surface area contributed by atoms with E-state index >= 15 is 0 Å². The molecular formula is C32H51NO2S. The summed E-state index contributed by atoms with van der Waals surface area (Å²) in [6.45, 7) is 16.7. The van der Waals surface area contributed by atoms with Crippen molar-refractivity contribution >= 4 is 17.4 Å². The van der Waals surface area contributed by atoms with Crippen LogP contribution in [0.4, 0.5) is 5.69 Å². The first kappa shape index (κ1) is 30.4. The van der Waals surface area contributed by atoms with E-state index in [0.29, 0.717) is 0 Å². The molecule has 0 aliphatic heterocycles. The van der Waals surface area contributed by atoms with Gasteiger partial charge in [0.2, 0.25) is 0 Å². The highest BCUT2D eigenvalue weighted by molar-refractivity contribution is 7.99. The largest absolute Gasteiger partial charge is 0.507 e. The zero-order valence-electron chi connectivity index (χ0n) is 24.0. The van der Waals surface area contributed by atoms with Gasteiger partial charge in [0, 0.05) is 6.54 Å². The van der Waals surface area contributed by atoms with E-state index in [-0.39, 0.29) is 22.3 Å². The van der Waals surface area contributed by atoms with Crippen molar-refractivity contribution in [1.29, 1.82) is 0 Å². The van der Waals surface area contributed by atoms with Gasteiger partial charge in [0.15, 0.2) is 0 Å². The minimum atomic E-state index is -0.0160. The minimum absolute atomic E-state index is 0.0160. The average Bonchev–Trinajstić information content (AvgIpc) is 2.82. The second-order valence-electron chi connectivity index (χ2n) is 11.6. The summed E-state index contributed by atoms with van der Waals surface area (Å²) in [5, 5.41) is 25.5. The lowest BCUT2D eigenvalue weighted by atomic mass is 9.79. The Morgan fingerprint density at radius 2 is 1.31 bits per heavy atom. The van der Waals surface area contributed by atoms with Crippen LogP contribution in [0.3, 0.4) is 0 Å². The molecular weight excluding hydrogens is 462 g/mol. The van der Waals surface area contributed by atoms with Crippen LogP contribution in [0.5, 0.6) is 11.5 Å². The zero-order chi connectivity index (χ0) is 26.8. The van der Waals surface area contributed by atoms with Crippen LogP contribution in [0.25, 0.3) is 0 Å². The fraction of sp³-hybridized carbons (Fsp3) is 0.625. The molecule has 0 bridgehead atoms. The van der Waals surface area contributed by atoms with E-state index < -0.39 is 0 Å². The van der Waals surface area contributed by atoms with Crippen molar-refractivity contribution < 1.29 is 10.2 Å². The van der Waals surface area contributed by atoms with Gasteiger partial charge in [-0.2, -0.15) is 0 Å². The third-order valence-electron chi connectivity index (χ3n) is 7.46. The molecule has 0 heterocycles. The van der Waals surface area contributed by atoms with Gasteiger partial charge in [0.1, 0.15) is 11.5 Å². The van der Waals surface area contributed by atoms with E-state index in [4.69, 9.17) is 0 Å². The molecule has 0 amide bonds. The first-order valence-electron chi connectivity index (χ1n) is 14.2. The molecule has 0 fully saturated rings. The first-order valence-corrected chi connectivity index (χ1v) is 15.0. The van der Waals surface area contributed by atoms with Crippen LogP contribution >= 0.6 is 11.8 Å². The van der Waals surface area contributed by atoms with Gasteiger partial charge in [0.05, 0.1) is 15.5 Å². The minimum Gasteiger partial charge on any atom is -0.507 e. The van der Waals surface area contributed by atoms with Crippen molar-refractivity contribution in [2.75, 3.05) is 11.9 Å². The maximum absolute atomic E-state index is 11.0. The van der Waals surface area contributed by atoms with Crippen LogP contribution in [0, 0.1) is 0 Å². The fourth-order valence-electron chi connectivity index (χ4n) is 4.84. The molecule has 0 saturated carbocycles. The highest BCUT2D eigenvalue weighted by atomic mass is 32.2. The van der Waals surface area contributed by atoms with E-state index in [0.717, 1.165) is 47.7 Å². The lowest BCUT2D eigenvalue weighted by molar-refractivity contribution is 0.441. The molecule has 202 valence electrons. The van der Waals surface area contributed by atoms with E-state index in [9.17, 15) is 10.2 Å². The van der Waals surface area contributed by atoms with Gasteiger partial charge in [-0.3, -0.25) is 0 Å². The van der Waals surface area contributed by atoms with E-state index in [2.05, 4.69) is 72.0 Å². The van der Waals surface area contributed by atoms with Gasteiger partial charge in [-0.25, -0.2) is 0 Å². The van der Waals surface area contributed by atoms with Gasteiger partial charge in [-0.1, -0.05) is 117 Å². The summed E-state index contributed by atoms with van der Waals surface area (Å²) in [6, 6.07) is 9.92. The van der Waals surface area contributed by atoms with Crippen LogP contribution in [-0.4, -0.2) is 16.8 Å². The summed E-state index contributed by atoms with van der Waals surface area (Å²) in [4.78, 5) is 1.61. The third-order valence-corrected chi connectivity index (χ3v) is 8.63. The van der Waals surface area contributed by atoms with Gasteiger partial charge >= 0.3 is 0 Å². The molecule has 0 spiro atoms. The lowest BCUT2D eigenvalue weighted by Crippen LogP contribution is -2.20. The number of phenols is 2. The lowest BCUT2D eigenvalue weighted by Gasteiger charge is -2.30. The quantitative estimate of drug-likeness (QED) is 0.195. The number of aromatic hydroxyl groups is 2. The molecule has 2 aromatic carbocycles. The topological polar surface area (TPSA) is 52.5 Å². The molecule has 4 heteroatoms. The molecule has 0 radical (unpaired) electrons. The predicted molar refractivity (Wildman–Crippen MR) is 158 cm³/mol. The third kappa shape index (κ3) is 8.36. The van der Waals surface area contributed by atoms with E-state index in [1.807, 2.05) is 12.1 Å². The summed E-state index contributed by atoms with van der Waals surface area (Å²) < 4.78 is 0. The Bertz CT molecular complexity index is 951. The summed E-state index contributed by atoms with van der Waals surface area (Å²) in [7, 11) is 0. The van der Waals surface area contributed by atoms with Crippen LogP contribution in [0.2, 0.25) is 0 Å². The number of phenolic OH excluding ortho intramolecular Hbond substituents is 2. The van der Waals surface area contributed by atoms with Crippen LogP contribution in [-0.2, 0) is 10.8 Å². The first-order chi connectivity index (χ1) is 17.1. The van der Waals surface area contributed by atoms with E-state index in [1.54, 1.807) is 0 Å². The summed E-state index contributed by atoms with van der Waals surface area (Å²) >= 11 is 1.48. The smallest absolute Gasteiger partial charge is 0.131 e. The molecule has 3 nitrogen and oxygen atoms in total. The van der Waals surface area contributed by atoms with Crippen molar-refractivity contribution in [1.82, 2.24) is 0 Å². The number of hydrogen-bond acceptors (Lipinski definition) is 4. The van der Waals surface area contributed by atoms with E-state index in [1.165, 1.54) is 61.4 Å². The second-order valence-corrected chi connectivity index (χ2v) is 12.6. The second kappa shape index (κ2) is 14.2. The summed E-state index contributed by atoms with van der Waals surface area (Å²) in [6.07, 6.45) is 11.7. The number of unbranched alkanes of at least 4 members (excludes halogenated alkanes) is 5. The maximum Gasteiger partial charge on any atom is 0.131 e. The van der Waals surface area contributed by atoms with Crippen LogP contribution in [0.15, 0.2) is 40.1 Å². The molecule has 0 unspecified atom stereocenters. The maximum atomic E-state index is 11.0. The van der Waals surface area contributed by atoms with Crippen molar-refractivity contribution in [2.24, 2.45) is 0 Å². The number of anilines is 1. The highest BCUT2D eigenvalue weighted by Crippen LogP contribution is 2.48. The number of rotatable bonds is 16. The standard InChI is InChI=1S/C32H51NO2S/c1-8-11-14-20-31(4,5)24-16-18-26(34)28(23-24)36-30-27(35)19-17-25(29(30)33-22-13-10-3)32(6,7)21-15-12-9-2/h16-19,23,33-35H,8-15,20-22H2,1-7H3. The number of nitrogens with one attached hydrogen (secondary N) is 1. The predicted octanol–water partition coefficient (Wildman–Crippen LogP) is 10.2. The Labute approximate surface area is 225 Å². The van der Waals surface area contributed by atoms with Gasteiger partial charge in [-0.05, 0) is 59.4 Å². The van der Waals surface area contributed by atoms with Gasteiger partial charge < -0.3 is 15.5 Å². The summed E-state index contributed by atoms with van der Waals surface area (Å²) in [5.41, 5.74) is 3.51. The fourth-order valence-corrected chi connectivity index (χ4v) is 5.88. The van der Waals surface area contributed by atoms with Crippen LogP contribution in [0.1, 0.15) is 124 Å². The van der Waals surface area contributed by atoms with Crippen molar-refractivity contribution in [2.45, 2.75) is 133 Å². The summed E-state index contributed by atoms with van der Waals surface area (Å²) in [5.74, 6) is 0.527. The molecule has 0 aromatic heterocycles. The van der Waals surface area contributed by atoms with Crippen LogP contribution < -0.4 is 5.32 Å². The normalized spacial score (nSPS) is 12.2. The molecule has 2 aromatic rings. The van der Waals surface area contributed by atoms with Crippen molar-refractivity contribution in [3.05, 3.63) is 41.5 Å². The Morgan fingerprint density at radius 1 is 0.722 bits per heavy atom. The number of benzene rings is 2. The average molecular weight is 514 g/mol. The molecule has 0 atom stereocenters. The SMILES string of the molecule is CCCCCC(C)(C)c1ccc(O)c(Sc2c(O)ccc(C(C)(C)CCCCC)c2NCCCC)c1. The molecule has 0 saturated heterocycles. The molecule has 0 aliphatic carbocycles. The Kier molecular flexibility index (Phi) is 12.0. The Balaban J connectivity index is 2.49.